The Morgan fingerprint density at radius 2 is 2.00 bits per heavy atom. The summed E-state index contributed by atoms with van der Waals surface area (Å²) in [5, 5.41) is 2.38. The molecule has 0 saturated heterocycles. The highest BCUT2D eigenvalue weighted by Gasteiger charge is 2.11. The summed E-state index contributed by atoms with van der Waals surface area (Å²) in [6.07, 6.45) is 0. The number of nitrogens with one attached hydrogen (secondary N) is 1. The van der Waals surface area contributed by atoms with Crippen LogP contribution in [0.25, 0.3) is 0 Å². The summed E-state index contributed by atoms with van der Waals surface area (Å²) >= 11 is 2.97. The molecule has 0 spiro atoms. The summed E-state index contributed by atoms with van der Waals surface area (Å²) in [7, 11) is 0. The van der Waals surface area contributed by atoms with Crippen LogP contribution >= 0.6 is 15.9 Å². The normalized spacial score (nSPS) is 10.4. The molecule has 1 aromatic rings. The molecule has 0 aliphatic heterocycles. The first-order chi connectivity index (χ1) is 8.04. The molecular weight excluding hydrogens is 296 g/mol. The number of hydrogen-bond donors (Lipinski definition) is 1. The molecule has 17 heavy (non-hydrogen) atoms. The fraction of sp³-hybridized carbons (Fsp3) is 0.364. The van der Waals surface area contributed by atoms with E-state index in [1.165, 1.54) is 0 Å². The van der Waals surface area contributed by atoms with Crippen molar-refractivity contribution in [3.63, 3.8) is 0 Å². The Kier molecular flexibility index (Phi) is 5.50. The molecule has 0 atom stereocenters. The lowest BCUT2D eigenvalue weighted by Crippen LogP contribution is -2.27. The predicted molar refractivity (Wildman–Crippen MR) is 62.4 cm³/mol. The van der Waals surface area contributed by atoms with Gasteiger partial charge in [-0.2, -0.15) is 0 Å². The fourth-order valence-electron chi connectivity index (χ4n) is 1.17. The Balaban J connectivity index is 2.60. The second-order valence-corrected chi connectivity index (χ2v) is 4.18. The predicted octanol–water partition coefficient (Wildman–Crippen LogP) is 2.38. The number of hydrogen-bond acceptors (Lipinski definition) is 2. The SMILES string of the molecule is CCOCC(=O)NCc1c(F)cc(Br)cc1F. The molecule has 1 N–H and O–H groups in total. The number of ether oxygens (including phenoxy) is 1. The van der Waals surface area contributed by atoms with Gasteiger partial charge in [-0.25, -0.2) is 8.78 Å². The standard InChI is InChI=1S/C11H12BrF2NO2/c1-2-17-6-11(16)15-5-8-9(13)3-7(12)4-10(8)14/h3-4H,2,5-6H2,1H3,(H,15,16). The van der Waals surface area contributed by atoms with Crippen LogP contribution in [-0.4, -0.2) is 19.1 Å². The van der Waals surface area contributed by atoms with Crippen molar-refractivity contribution in [2.75, 3.05) is 13.2 Å². The van der Waals surface area contributed by atoms with E-state index in [4.69, 9.17) is 4.74 Å². The molecule has 6 heteroatoms. The lowest BCUT2D eigenvalue weighted by Gasteiger charge is -2.08. The summed E-state index contributed by atoms with van der Waals surface area (Å²) in [4.78, 5) is 11.2. The average molecular weight is 308 g/mol. The Bertz CT molecular complexity index is 389. The largest absolute Gasteiger partial charge is 0.372 e. The summed E-state index contributed by atoms with van der Waals surface area (Å²) in [5.41, 5.74) is -0.168. The quantitative estimate of drug-likeness (QED) is 0.907. The van der Waals surface area contributed by atoms with Crippen LogP contribution < -0.4 is 5.32 Å². The van der Waals surface area contributed by atoms with Crippen LogP contribution in [0.1, 0.15) is 12.5 Å². The van der Waals surface area contributed by atoms with Gasteiger partial charge in [0.15, 0.2) is 0 Å². The zero-order valence-corrected chi connectivity index (χ0v) is 10.8. The lowest BCUT2D eigenvalue weighted by molar-refractivity contribution is -0.125. The number of rotatable bonds is 5. The minimum absolute atomic E-state index is 0.115. The molecule has 0 heterocycles. The smallest absolute Gasteiger partial charge is 0.246 e. The van der Waals surface area contributed by atoms with Crippen LogP contribution in [0.3, 0.4) is 0 Å². The second kappa shape index (κ2) is 6.66. The van der Waals surface area contributed by atoms with Crippen LogP contribution in [0.4, 0.5) is 8.78 Å². The van der Waals surface area contributed by atoms with Crippen molar-refractivity contribution in [2.24, 2.45) is 0 Å². The molecule has 0 radical (unpaired) electrons. The molecule has 94 valence electrons. The van der Waals surface area contributed by atoms with E-state index in [0.717, 1.165) is 12.1 Å². The molecule has 0 fully saturated rings. The summed E-state index contributed by atoms with van der Waals surface area (Å²) < 4.78 is 31.9. The van der Waals surface area contributed by atoms with E-state index < -0.39 is 17.5 Å². The molecule has 0 saturated carbocycles. The van der Waals surface area contributed by atoms with E-state index in [9.17, 15) is 13.6 Å². The maximum Gasteiger partial charge on any atom is 0.246 e. The Labute approximate surface area is 106 Å². The number of halogens is 3. The van der Waals surface area contributed by atoms with Crippen LogP contribution in [0.15, 0.2) is 16.6 Å². The first-order valence-electron chi connectivity index (χ1n) is 5.02. The third kappa shape index (κ3) is 4.40. The van der Waals surface area contributed by atoms with Gasteiger partial charge in [0.05, 0.1) is 0 Å². The highest BCUT2D eigenvalue weighted by molar-refractivity contribution is 9.10. The molecule has 0 aliphatic carbocycles. The van der Waals surface area contributed by atoms with Crippen LogP contribution in [0.2, 0.25) is 0 Å². The first-order valence-corrected chi connectivity index (χ1v) is 5.81. The Morgan fingerprint density at radius 1 is 1.41 bits per heavy atom. The van der Waals surface area contributed by atoms with Crippen molar-refractivity contribution in [3.8, 4) is 0 Å². The van der Waals surface area contributed by atoms with E-state index in [2.05, 4.69) is 21.2 Å². The van der Waals surface area contributed by atoms with Gasteiger partial charge in [-0.1, -0.05) is 15.9 Å². The number of carbonyl (C=O) groups is 1. The minimum atomic E-state index is -0.700. The third-order valence-electron chi connectivity index (χ3n) is 2.01. The van der Waals surface area contributed by atoms with Crippen LogP contribution in [-0.2, 0) is 16.1 Å². The Morgan fingerprint density at radius 3 is 2.53 bits per heavy atom. The van der Waals surface area contributed by atoms with Crippen LogP contribution in [0.5, 0.6) is 0 Å². The highest BCUT2D eigenvalue weighted by Crippen LogP contribution is 2.19. The minimum Gasteiger partial charge on any atom is -0.372 e. The topological polar surface area (TPSA) is 38.3 Å². The third-order valence-corrected chi connectivity index (χ3v) is 2.46. The molecule has 1 aromatic carbocycles. The number of amides is 1. The van der Waals surface area contributed by atoms with Crippen molar-refractivity contribution in [3.05, 3.63) is 33.8 Å². The van der Waals surface area contributed by atoms with Crippen molar-refractivity contribution in [1.82, 2.24) is 5.32 Å². The van der Waals surface area contributed by atoms with Gasteiger partial charge >= 0.3 is 0 Å². The molecule has 1 rings (SSSR count). The molecule has 0 aliphatic rings. The number of benzene rings is 1. The summed E-state index contributed by atoms with van der Waals surface area (Å²) in [6.45, 7) is 1.85. The second-order valence-electron chi connectivity index (χ2n) is 3.26. The van der Waals surface area contributed by atoms with Gasteiger partial charge in [-0.05, 0) is 19.1 Å². The van der Waals surface area contributed by atoms with E-state index in [1.54, 1.807) is 6.92 Å². The summed E-state index contributed by atoms with van der Waals surface area (Å²) in [5.74, 6) is -1.81. The molecule has 1 amide bonds. The van der Waals surface area contributed by atoms with Gasteiger partial charge in [0.2, 0.25) is 5.91 Å². The van der Waals surface area contributed by atoms with E-state index in [0.29, 0.717) is 11.1 Å². The summed E-state index contributed by atoms with van der Waals surface area (Å²) in [6, 6.07) is 2.29. The molecule has 0 bridgehead atoms. The van der Waals surface area contributed by atoms with Crippen molar-refractivity contribution >= 4 is 21.8 Å². The van der Waals surface area contributed by atoms with Crippen molar-refractivity contribution in [1.29, 1.82) is 0 Å². The van der Waals surface area contributed by atoms with Gasteiger partial charge in [0.1, 0.15) is 18.2 Å². The zero-order valence-electron chi connectivity index (χ0n) is 9.23. The van der Waals surface area contributed by atoms with Gasteiger partial charge in [0, 0.05) is 23.2 Å². The first kappa shape index (κ1) is 14.1. The Hall–Kier alpha value is -1.01. The van der Waals surface area contributed by atoms with Crippen LogP contribution in [0, 0.1) is 11.6 Å². The maximum absolute atomic E-state index is 13.4. The van der Waals surface area contributed by atoms with E-state index >= 15 is 0 Å². The lowest BCUT2D eigenvalue weighted by atomic mass is 10.2. The van der Waals surface area contributed by atoms with Gasteiger partial charge in [-0.15, -0.1) is 0 Å². The molecule has 0 unspecified atom stereocenters. The van der Waals surface area contributed by atoms with Gasteiger partial charge in [0.25, 0.3) is 0 Å². The monoisotopic (exact) mass is 307 g/mol. The van der Waals surface area contributed by atoms with E-state index in [-0.39, 0.29) is 18.7 Å². The average Bonchev–Trinajstić information content (AvgIpc) is 2.24. The maximum atomic E-state index is 13.4. The molecule has 3 nitrogen and oxygen atoms in total. The zero-order chi connectivity index (χ0) is 12.8. The highest BCUT2D eigenvalue weighted by atomic mass is 79.9. The van der Waals surface area contributed by atoms with Crippen molar-refractivity contribution < 1.29 is 18.3 Å². The van der Waals surface area contributed by atoms with Crippen molar-refractivity contribution in [2.45, 2.75) is 13.5 Å². The van der Waals surface area contributed by atoms with E-state index in [1.807, 2.05) is 0 Å². The van der Waals surface area contributed by atoms with Gasteiger partial charge in [-0.3, -0.25) is 4.79 Å². The molecule has 0 aromatic heterocycles. The number of carbonyl (C=O) groups excluding carboxylic acids is 1. The fourth-order valence-corrected chi connectivity index (χ4v) is 1.58. The molecular formula is C11H12BrF2NO2. The van der Waals surface area contributed by atoms with Gasteiger partial charge < -0.3 is 10.1 Å².